The highest BCUT2D eigenvalue weighted by Crippen LogP contribution is 2.39. The smallest absolute Gasteiger partial charge is 0.417 e. The Morgan fingerprint density at radius 1 is 0.844 bits per heavy atom. The Balaban J connectivity index is 0.00000512. The van der Waals surface area contributed by atoms with E-state index in [1.54, 1.807) is 0 Å². The van der Waals surface area contributed by atoms with Gasteiger partial charge in [0.15, 0.2) is 17.3 Å². The summed E-state index contributed by atoms with van der Waals surface area (Å²) >= 11 is 0. The average molecular weight is 462 g/mol. The zero-order valence-electron chi connectivity index (χ0n) is 16.1. The van der Waals surface area contributed by atoms with E-state index in [0.717, 1.165) is 43.5 Å². The number of ether oxygens (including phenoxy) is 1. The predicted octanol–water partition coefficient (Wildman–Crippen LogP) is 6.21. The lowest BCUT2D eigenvalue weighted by Crippen LogP contribution is -2.14. The van der Waals surface area contributed by atoms with Crippen molar-refractivity contribution < 1.29 is 46.1 Å². The van der Waals surface area contributed by atoms with E-state index in [2.05, 4.69) is 0 Å². The van der Waals surface area contributed by atoms with Gasteiger partial charge in [0, 0.05) is 0 Å². The maximum Gasteiger partial charge on any atom is 0.417 e. The topological polar surface area (TPSA) is 66.8 Å². The number of allylic oxidation sites excluding steroid dienone is 4. The molecule has 0 heterocycles. The Hall–Kier alpha value is -3.43. The Labute approximate surface area is 180 Å². The first-order valence-corrected chi connectivity index (χ1v) is 8.53. The van der Waals surface area contributed by atoms with Gasteiger partial charge in [0.05, 0.1) is 18.3 Å². The molecule has 0 aromatic heterocycles. The molecule has 0 bridgehead atoms. The third-order valence-corrected chi connectivity index (χ3v) is 4.18. The second kappa shape index (κ2) is 9.80. The van der Waals surface area contributed by atoms with Crippen molar-refractivity contribution in [2.45, 2.75) is 26.7 Å². The van der Waals surface area contributed by atoms with Gasteiger partial charge in [0.1, 0.15) is 5.75 Å². The molecule has 0 aliphatic rings. The molecule has 2 N–H and O–H groups in total. The Kier molecular flexibility index (Phi) is 8.15. The number of carbonyl (C=O) groups is 1. The molecule has 0 saturated heterocycles. The summed E-state index contributed by atoms with van der Waals surface area (Å²) in [5.74, 6) is -2.61. The summed E-state index contributed by atoms with van der Waals surface area (Å²) in [4.78, 5) is 12.2. The lowest BCUT2D eigenvalue weighted by Gasteiger charge is -2.14. The Morgan fingerprint density at radius 2 is 1.28 bits per heavy atom. The van der Waals surface area contributed by atoms with Crippen LogP contribution in [0.1, 0.15) is 24.1 Å². The van der Waals surface area contributed by atoms with Gasteiger partial charge in [-0.15, -0.1) is 0 Å². The van der Waals surface area contributed by atoms with Gasteiger partial charge in [-0.05, 0) is 60.0 Å². The van der Waals surface area contributed by atoms with Crippen molar-refractivity contribution in [1.29, 1.82) is 0 Å². The summed E-state index contributed by atoms with van der Waals surface area (Å²) in [7, 11) is 1.10. The first-order chi connectivity index (χ1) is 14.2. The molecule has 10 heteroatoms. The SMILES string of the molecule is C.COc1cc(/C(=C/C(=O)/C=C(/c2ccc(O)c(C)c2)C(F)(F)F)C(F)(F)F)ccc1O. The molecule has 0 atom stereocenters. The lowest BCUT2D eigenvalue weighted by atomic mass is 9.99. The summed E-state index contributed by atoms with van der Waals surface area (Å²) in [5, 5.41) is 19.0. The summed E-state index contributed by atoms with van der Waals surface area (Å²) in [5.41, 5.74) is -3.98. The van der Waals surface area contributed by atoms with Gasteiger partial charge >= 0.3 is 12.4 Å². The molecule has 0 radical (unpaired) electrons. The van der Waals surface area contributed by atoms with Crippen LogP contribution in [0, 0.1) is 6.92 Å². The maximum absolute atomic E-state index is 13.5. The monoisotopic (exact) mass is 462 g/mol. The fourth-order valence-electron chi connectivity index (χ4n) is 2.65. The number of aromatic hydroxyl groups is 2. The molecule has 0 fully saturated rings. The van der Waals surface area contributed by atoms with Gasteiger partial charge in [0.2, 0.25) is 0 Å². The average Bonchev–Trinajstić information content (AvgIpc) is 2.65. The summed E-state index contributed by atoms with van der Waals surface area (Å²) < 4.78 is 85.6. The van der Waals surface area contributed by atoms with Crippen LogP contribution in [0.3, 0.4) is 0 Å². The van der Waals surface area contributed by atoms with Gasteiger partial charge in [-0.2, -0.15) is 26.3 Å². The second-order valence-corrected chi connectivity index (χ2v) is 6.40. The van der Waals surface area contributed by atoms with Gasteiger partial charge in [-0.3, -0.25) is 4.79 Å². The predicted molar refractivity (Wildman–Crippen MR) is 107 cm³/mol. The molecule has 0 amide bonds. The number of methoxy groups -OCH3 is 1. The number of ketones is 1. The number of carbonyl (C=O) groups excluding carboxylic acids is 1. The summed E-state index contributed by atoms with van der Waals surface area (Å²) in [6, 6.07) is 5.39. The highest BCUT2D eigenvalue weighted by molar-refractivity contribution is 6.09. The van der Waals surface area contributed by atoms with Crippen molar-refractivity contribution in [3.05, 3.63) is 65.2 Å². The molecule has 174 valence electrons. The van der Waals surface area contributed by atoms with E-state index in [-0.39, 0.29) is 36.6 Å². The molecule has 32 heavy (non-hydrogen) atoms. The quantitative estimate of drug-likeness (QED) is 0.410. The van der Waals surface area contributed by atoms with Crippen LogP contribution in [0.5, 0.6) is 17.2 Å². The molecular weight excluding hydrogens is 442 g/mol. The Bertz CT molecular complexity index is 1050. The van der Waals surface area contributed by atoms with Crippen molar-refractivity contribution in [2.24, 2.45) is 0 Å². The molecule has 2 rings (SSSR count). The number of rotatable bonds is 5. The van der Waals surface area contributed by atoms with Crippen LogP contribution in [0.4, 0.5) is 26.3 Å². The minimum Gasteiger partial charge on any atom is -0.508 e. The van der Waals surface area contributed by atoms with Crippen molar-refractivity contribution in [2.75, 3.05) is 7.11 Å². The van der Waals surface area contributed by atoms with E-state index < -0.39 is 46.2 Å². The van der Waals surface area contributed by atoms with E-state index in [9.17, 15) is 41.4 Å². The first-order valence-electron chi connectivity index (χ1n) is 8.53. The largest absolute Gasteiger partial charge is 0.508 e. The lowest BCUT2D eigenvalue weighted by molar-refractivity contribution is -0.111. The minimum absolute atomic E-state index is 0. The van der Waals surface area contributed by atoms with E-state index in [4.69, 9.17) is 4.74 Å². The van der Waals surface area contributed by atoms with Crippen LogP contribution < -0.4 is 4.74 Å². The first kappa shape index (κ1) is 26.6. The summed E-state index contributed by atoms with van der Waals surface area (Å²) in [6.07, 6.45) is -10.0. The molecule has 4 nitrogen and oxygen atoms in total. The van der Waals surface area contributed by atoms with Crippen LogP contribution in [0.25, 0.3) is 11.1 Å². The van der Waals surface area contributed by atoms with Gasteiger partial charge < -0.3 is 14.9 Å². The van der Waals surface area contributed by atoms with Gasteiger partial charge in [-0.25, -0.2) is 0 Å². The van der Waals surface area contributed by atoms with Crippen LogP contribution in [-0.2, 0) is 4.79 Å². The molecule has 2 aromatic rings. The number of aryl methyl sites for hydroxylation is 1. The van der Waals surface area contributed by atoms with Crippen LogP contribution >= 0.6 is 0 Å². The maximum atomic E-state index is 13.5. The molecule has 0 aliphatic heterocycles. The normalized spacial score (nSPS) is 12.9. The van der Waals surface area contributed by atoms with Crippen molar-refractivity contribution in [3.8, 4) is 17.2 Å². The fraction of sp³-hybridized carbons (Fsp3) is 0.227. The standard InChI is InChI=1S/C21H16F6O4.CH4/c1-11-7-12(3-5-17(11)29)15(20(22,23)24)9-14(28)10-16(21(25,26)27)13-4-6-18(30)19(8-13)31-2;/h3-10,29-30H,1-2H3;1H4/b15-9-,16-10-;. The molecule has 0 spiro atoms. The third-order valence-electron chi connectivity index (χ3n) is 4.18. The van der Waals surface area contributed by atoms with E-state index in [1.807, 2.05) is 0 Å². The van der Waals surface area contributed by atoms with Crippen LogP contribution in [0.2, 0.25) is 0 Å². The van der Waals surface area contributed by atoms with E-state index in [1.165, 1.54) is 6.92 Å². The zero-order chi connectivity index (χ0) is 23.6. The van der Waals surface area contributed by atoms with Crippen LogP contribution in [-0.4, -0.2) is 35.5 Å². The van der Waals surface area contributed by atoms with Crippen molar-refractivity contribution in [3.63, 3.8) is 0 Å². The number of phenolic OH excluding ortho intramolecular Hbond substituents is 2. The minimum atomic E-state index is -5.08. The zero-order valence-corrected chi connectivity index (χ0v) is 16.1. The molecule has 2 aromatic carbocycles. The van der Waals surface area contributed by atoms with Crippen LogP contribution in [0.15, 0.2) is 48.6 Å². The number of phenols is 2. The van der Waals surface area contributed by atoms with Crippen molar-refractivity contribution in [1.82, 2.24) is 0 Å². The fourth-order valence-corrected chi connectivity index (χ4v) is 2.65. The molecular formula is C22H20F6O4. The molecule has 0 saturated carbocycles. The number of hydrogen-bond acceptors (Lipinski definition) is 4. The highest BCUT2D eigenvalue weighted by atomic mass is 19.4. The Morgan fingerprint density at radius 3 is 1.69 bits per heavy atom. The number of hydrogen-bond donors (Lipinski definition) is 2. The van der Waals surface area contributed by atoms with Gasteiger partial charge in [0.25, 0.3) is 0 Å². The number of benzene rings is 2. The number of alkyl halides is 6. The second-order valence-electron chi connectivity index (χ2n) is 6.40. The van der Waals surface area contributed by atoms with E-state index in [0.29, 0.717) is 0 Å². The summed E-state index contributed by atoms with van der Waals surface area (Å²) in [6.45, 7) is 1.33. The number of halogens is 6. The third kappa shape index (κ3) is 6.29. The molecule has 0 unspecified atom stereocenters. The highest BCUT2D eigenvalue weighted by Gasteiger charge is 2.37. The molecule has 0 aliphatic carbocycles. The van der Waals surface area contributed by atoms with E-state index >= 15 is 0 Å². The van der Waals surface area contributed by atoms with Crippen molar-refractivity contribution >= 4 is 16.9 Å². The van der Waals surface area contributed by atoms with Gasteiger partial charge in [-0.1, -0.05) is 19.6 Å².